The molecule has 0 radical (unpaired) electrons. The Labute approximate surface area is 192 Å². The number of carboxylic acids is 1. The summed E-state index contributed by atoms with van der Waals surface area (Å²) in [5.74, 6) is -2.05. The van der Waals surface area contributed by atoms with Gasteiger partial charge in [-0.1, -0.05) is 29.3 Å². The van der Waals surface area contributed by atoms with Gasteiger partial charge in [0, 0.05) is 37.3 Å². The number of anilines is 1. The Balaban J connectivity index is 1.57. The molecule has 1 aliphatic carbocycles. The largest absolute Gasteiger partial charge is 0.477 e. The van der Waals surface area contributed by atoms with Crippen LogP contribution in [0.15, 0.2) is 35.3 Å². The lowest BCUT2D eigenvalue weighted by Crippen LogP contribution is -2.29. The Morgan fingerprint density at radius 3 is 2.59 bits per heavy atom. The number of pyridine rings is 2. The highest BCUT2D eigenvalue weighted by molar-refractivity contribution is 6.42. The number of nitrogens with two attached hydrogens (primary N) is 1. The first-order valence-corrected chi connectivity index (χ1v) is 10.9. The number of nitrogens with zero attached hydrogens (tertiary/aromatic N) is 3. The van der Waals surface area contributed by atoms with E-state index in [1.54, 1.807) is 21.6 Å². The number of aromatic nitrogens is 2. The summed E-state index contributed by atoms with van der Waals surface area (Å²) in [6.07, 6.45) is 3.01. The van der Waals surface area contributed by atoms with Crippen LogP contribution < -0.4 is 16.1 Å². The second-order valence-electron chi connectivity index (χ2n) is 8.33. The summed E-state index contributed by atoms with van der Waals surface area (Å²) in [5.41, 5.74) is 6.42. The molecule has 1 saturated heterocycles. The van der Waals surface area contributed by atoms with Crippen molar-refractivity contribution in [2.45, 2.75) is 30.8 Å². The summed E-state index contributed by atoms with van der Waals surface area (Å²) in [6, 6.07) is 6.17. The van der Waals surface area contributed by atoms with E-state index in [-0.39, 0.29) is 40.4 Å². The van der Waals surface area contributed by atoms with E-state index in [0.29, 0.717) is 23.1 Å². The van der Waals surface area contributed by atoms with Crippen LogP contribution in [-0.4, -0.2) is 39.8 Å². The lowest BCUT2D eigenvalue weighted by Gasteiger charge is -2.20. The number of hydrogen-bond acceptors (Lipinski definition) is 5. The topological polar surface area (TPSA) is 101 Å². The molecular formula is C22H19Cl2FN4O3. The van der Waals surface area contributed by atoms with Gasteiger partial charge in [0.05, 0.1) is 15.4 Å². The molecule has 3 N–H and O–H groups in total. The van der Waals surface area contributed by atoms with Gasteiger partial charge in [-0.25, -0.2) is 14.2 Å². The van der Waals surface area contributed by atoms with Gasteiger partial charge in [-0.05, 0) is 36.6 Å². The van der Waals surface area contributed by atoms with E-state index in [0.717, 1.165) is 24.5 Å². The van der Waals surface area contributed by atoms with Gasteiger partial charge in [-0.2, -0.15) is 0 Å². The molecule has 2 aliphatic rings. The average molecular weight is 477 g/mol. The number of halogens is 3. The van der Waals surface area contributed by atoms with E-state index in [2.05, 4.69) is 4.98 Å². The monoisotopic (exact) mass is 476 g/mol. The van der Waals surface area contributed by atoms with Crippen molar-refractivity contribution in [3.8, 4) is 0 Å². The lowest BCUT2D eigenvalue weighted by atomic mass is 9.95. The Morgan fingerprint density at radius 2 is 1.94 bits per heavy atom. The molecule has 2 atom stereocenters. The predicted octanol–water partition coefficient (Wildman–Crippen LogP) is 3.81. The highest BCUT2D eigenvalue weighted by Crippen LogP contribution is 2.38. The van der Waals surface area contributed by atoms with Gasteiger partial charge < -0.3 is 20.3 Å². The number of carbonyl (C=O) groups is 1. The molecule has 166 valence electrons. The number of fused-ring (bicyclic) bond motifs is 1. The van der Waals surface area contributed by atoms with Gasteiger partial charge in [0.1, 0.15) is 11.2 Å². The second-order valence-corrected chi connectivity index (χ2v) is 9.14. The molecule has 5 rings (SSSR count). The van der Waals surface area contributed by atoms with Crippen molar-refractivity contribution in [3.63, 3.8) is 0 Å². The van der Waals surface area contributed by atoms with Crippen molar-refractivity contribution in [3.05, 3.63) is 67.7 Å². The van der Waals surface area contributed by atoms with Crippen molar-refractivity contribution >= 4 is 46.0 Å². The normalized spacial score (nSPS) is 20.8. The molecule has 0 spiro atoms. The van der Waals surface area contributed by atoms with Crippen LogP contribution in [0.5, 0.6) is 0 Å². The van der Waals surface area contributed by atoms with Gasteiger partial charge in [0.25, 0.3) is 0 Å². The minimum absolute atomic E-state index is 0.0393. The van der Waals surface area contributed by atoms with E-state index >= 15 is 4.39 Å². The standard InChI is InChI=1S/C22H19Cl2FN4O3/c23-15-4-1-10(5-16(15)24)13-7-28(9-18(13)26)21-17(25)6-12-19(30)14(22(31)32)8-29(11-2-3-11)20(12)27-21/h1,4-6,8,11,13,18H,2-3,7,9,26H2,(H,31,32)/t13-,18-/m0/s1. The van der Waals surface area contributed by atoms with Crippen LogP contribution in [0.3, 0.4) is 0 Å². The Morgan fingerprint density at radius 1 is 1.19 bits per heavy atom. The minimum Gasteiger partial charge on any atom is -0.477 e. The van der Waals surface area contributed by atoms with E-state index in [1.807, 2.05) is 6.07 Å². The predicted molar refractivity (Wildman–Crippen MR) is 121 cm³/mol. The molecule has 0 amide bonds. The molecule has 0 bridgehead atoms. The van der Waals surface area contributed by atoms with E-state index in [4.69, 9.17) is 28.9 Å². The maximum Gasteiger partial charge on any atom is 0.341 e. The molecule has 1 saturated carbocycles. The molecule has 1 aliphatic heterocycles. The fraction of sp³-hybridized carbons (Fsp3) is 0.318. The fourth-order valence-electron chi connectivity index (χ4n) is 4.34. The molecule has 2 aromatic heterocycles. The van der Waals surface area contributed by atoms with Gasteiger partial charge in [-0.3, -0.25) is 4.79 Å². The van der Waals surface area contributed by atoms with Crippen LogP contribution in [0.2, 0.25) is 10.0 Å². The quantitative estimate of drug-likeness (QED) is 0.593. The third-order valence-electron chi connectivity index (χ3n) is 6.15. The third-order valence-corrected chi connectivity index (χ3v) is 6.89. The molecule has 10 heteroatoms. The minimum atomic E-state index is -1.34. The maximum atomic E-state index is 15.1. The zero-order valence-electron chi connectivity index (χ0n) is 16.8. The van der Waals surface area contributed by atoms with Gasteiger partial charge >= 0.3 is 5.97 Å². The number of carboxylic acid groups (broad SMARTS) is 1. The van der Waals surface area contributed by atoms with Crippen molar-refractivity contribution in [1.29, 1.82) is 0 Å². The first-order chi connectivity index (χ1) is 15.2. The first-order valence-electron chi connectivity index (χ1n) is 10.2. The van der Waals surface area contributed by atoms with Gasteiger partial charge in [-0.15, -0.1) is 0 Å². The van der Waals surface area contributed by atoms with Crippen molar-refractivity contribution in [1.82, 2.24) is 9.55 Å². The first kappa shape index (κ1) is 21.2. The average Bonchev–Trinajstić information content (AvgIpc) is 3.52. The van der Waals surface area contributed by atoms with Crippen molar-refractivity contribution < 1.29 is 14.3 Å². The van der Waals surface area contributed by atoms with Crippen LogP contribution in [-0.2, 0) is 0 Å². The van der Waals surface area contributed by atoms with Crippen LogP contribution in [0.1, 0.15) is 40.7 Å². The highest BCUT2D eigenvalue weighted by Gasteiger charge is 2.35. The molecular weight excluding hydrogens is 458 g/mol. The van der Waals surface area contributed by atoms with Crippen LogP contribution in [0, 0.1) is 5.82 Å². The van der Waals surface area contributed by atoms with E-state index < -0.39 is 17.2 Å². The molecule has 3 heterocycles. The number of benzene rings is 1. The third kappa shape index (κ3) is 3.52. The smallest absolute Gasteiger partial charge is 0.341 e. The van der Waals surface area contributed by atoms with Crippen molar-refractivity contribution in [2.24, 2.45) is 5.73 Å². The number of rotatable bonds is 4. The Bertz CT molecular complexity index is 1320. The summed E-state index contributed by atoms with van der Waals surface area (Å²) in [7, 11) is 0. The number of hydrogen-bond donors (Lipinski definition) is 2. The molecule has 2 fully saturated rings. The van der Waals surface area contributed by atoms with Crippen LogP contribution in [0.4, 0.5) is 10.2 Å². The Kier molecular flexibility index (Phi) is 5.11. The molecule has 0 unspecified atom stereocenters. The second kappa shape index (κ2) is 7.72. The summed E-state index contributed by atoms with van der Waals surface area (Å²) < 4.78 is 16.8. The van der Waals surface area contributed by atoms with Crippen LogP contribution >= 0.6 is 23.2 Å². The summed E-state index contributed by atoms with van der Waals surface area (Å²) in [6.45, 7) is 0.774. The van der Waals surface area contributed by atoms with Gasteiger partial charge in [0.15, 0.2) is 11.6 Å². The van der Waals surface area contributed by atoms with Gasteiger partial charge in [0.2, 0.25) is 5.43 Å². The molecule has 32 heavy (non-hydrogen) atoms. The maximum absolute atomic E-state index is 15.1. The summed E-state index contributed by atoms with van der Waals surface area (Å²) in [5, 5.41) is 10.2. The molecule has 3 aromatic rings. The lowest BCUT2D eigenvalue weighted by molar-refractivity contribution is 0.0695. The Hall–Kier alpha value is -2.68. The van der Waals surface area contributed by atoms with E-state index in [1.165, 1.54) is 6.20 Å². The zero-order valence-corrected chi connectivity index (χ0v) is 18.3. The fourth-order valence-corrected chi connectivity index (χ4v) is 4.65. The SMILES string of the molecule is N[C@H]1CN(c2nc3c(cc2F)c(=O)c(C(=O)O)cn3C2CC2)C[C@H]1c1ccc(Cl)c(Cl)c1. The van der Waals surface area contributed by atoms with Crippen molar-refractivity contribution in [2.75, 3.05) is 18.0 Å². The van der Waals surface area contributed by atoms with E-state index in [9.17, 15) is 14.7 Å². The summed E-state index contributed by atoms with van der Waals surface area (Å²) >= 11 is 12.2. The molecule has 1 aromatic carbocycles. The van der Waals surface area contributed by atoms with Crippen LogP contribution in [0.25, 0.3) is 11.0 Å². The zero-order chi connectivity index (χ0) is 22.7. The summed E-state index contributed by atoms with van der Waals surface area (Å²) in [4.78, 5) is 30.4. The molecule has 7 nitrogen and oxygen atoms in total. The number of aromatic carboxylic acids is 1. The highest BCUT2D eigenvalue weighted by atomic mass is 35.5.